The van der Waals surface area contributed by atoms with Crippen molar-refractivity contribution in [3.05, 3.63) is 36.4 Å². The summed E-state index contributed by atoms with van der Waals surface area (Å²) < 4.78 is 28.0. The fourth-order valence-electron chi connectivity index (χ4n) is 3.58. The molecule has 1 amide bonds. The maximum Gasteiger partial charge on any atom is 0.243 e. The average Bonchev–Trinajstić information content (AvgIpc) is 2.62. The summed E-state index contributed by atoms with van der Waals surface area (Å²) in [5.74, 6) is 0.336. The van der Waals surface area contributed by atoms with Gasteiger partial charge in [0.2, 0.25) is 15.9 Å². The van der Waals surface area contributed by atoms with Gasteiger partial charge < -0.3 is 10.6 Å². The number of hydrogen-bond donors (Lipinski definition) is 2. The second kappa shape index (κ2) is 7.73. The summed E-state index contributed by atoms with van der Waals surface area (Å²) in [7, 11) is -1.65. The predicted octanol–water partition coefficient (Wildman–Crippen LogP) is 2.42. The number of fused-ring (bicyclic) bond motifs is 1. The fourth-order valence-corrected chi connectivity index (χ4v) is 5.24. The maximum absolute atomic E-state index is 13.2. The van der Waals surface area contributed by atoms with Crippen LogP contribution in [0, 0.1) is 5.92 Å². The Labute approximate surface area is 154 Å². The Morgan fingerprint density at radius 2 is 1.77 bits per heavy atom. The Morgan fingerprint density at radius 3 is 2.38 bits per heavy atom. The molecular formula is C19H25N3O3S. The van der Waals surface area contributed by atoms with Gasteiger partial charge in [-0.3, -0.25) is 4.79 Å². The van der Waals surface area contributed by atoms with Gasteiger partial charge in [0.05, 0.1) is 4.90 Å². The molecule has 1 heterocycles. The molecule has 140 valence electrons. The highest BCUT2D eigenvalue weighted by atomic mass is 32.2. The van der Waals surface area contributed by atoms with Crippen molar-refractivity contribution in [2.24, 2.45) is 5.92 Å². The van der Waals surface area contributed by atoms with E-state index in [9.17, 15) is 13.2 Å². The molecule has 1 saturated heterocycles. The molecule has 7 heteroatoms. The molecule has 1 fully saturated rings. The molecule has 3 rings (SSSR count). The summed E-state index contributed by atoms with van der Waals surface area (Å²) in [6, 6.07) is 10.6. The Balaban J connectivity index is 1.96. The minimum atomic E-state index is -3.57. The molecule has 1 aliphatic rings. The van der Waals surface area contributed by atoms with E-state index in [4.69, 9.17) is 0 Å². The SMILES string of the molecule is CNCC1CCN(S(=O)(=O)c2ccc(NC(C)=O)c3ccccc23)CC1. The molecule has 1 aliphatic heterocycles. The van der Waals surface area contributed by atoms with E-state index in [-0.39, 0.29) is 5.91 Å². The summed E-state index contributed by atoms with van der Waals surface area (Å²) in [6.07, 6.45) is 1.73. The highest BCUT2D eigenvalue weighted by Crippen LogP contribution is 2.32. The maximum atomic E-state index is 13.2. The number of carbonyl (C=O) groups excluding carboxylic acids is 1. The molecular weight excluding hydrogens is 350 g/mol. The van der Waals surface area contributed by atoms with Crippen molar-refractivity contribution in [2.45, 2.75) is 24.7 Å². The van der Waals surface area contributed by atoms with Crippen LogP contribution >= 0.6 is 0 Å². The van der Waals surface area contributed by atoms with Crippen molar-refractivity contribution in [3.8, 4) is 0 Å². The second-order valence-corrected chi connectivity index (χ2v) is 8.65. The van der Waals surface area contributed by atoms with Gasteiger partial charge in [0.1, 0.15) is 0 Å². The monoisotopic (exact) mass is 375 g/mol. The highest BCUT2D eigenvalue weighted by molar-refractivity contribution is 7.89. The number of hydrogen-bond acceptors (Lipinski definition) is 4. The van der Waals surface area contributed by atoms with E-state index in [2.05, 4.69) is 10.6 Å². The van der Waals surface area contributed by atoms with E-state index in [0.717, 1.165) is 24.8 Å². The predicted molar refractivity (Wildman–Crippen MR) is 104 cm³/mol. The third-order valence-electron chi connectivity index (χ3n) is 4.88. The lowest BCUT2D eigenvalue weighted by molar-refractivity contribution is -0.114. The van der Waals surface area contributed by atoms with E-state index in [1.54, 1.807) is 22.5 Å². The van der Waals surface area contributed by atoms with Gasteiger partial charge >= 0.3 is 0 Å². The molecule has 0 bridgehead atoms. The molecule has 0 atom stereocenters. The van der Waals surface area contributed by atoms with Crippen LogP contribution in [0.2, 0.25) is 0 Å². The van der Waals surface area contributed by atoms with Gasteiger partial charge in [0.15, 0.2) is 0 Å². The van der Waals surface area contributed by atoms with Crippen LogP contribution in [0.5, 0.6) is 0 Å². The molecule has 0 saturated carbocycles. The lowest BCUT2D eigenvalue weighted by atomic mass is 9.98. The topological polar surface area (TPSA) is 78.5 Å². The average molecular weight is 375 g/mol. The molecule has 0 unspecified atom stereocenters. The number of sulfonamides is 1. The minimum absolute atomic E-state index is 0.183. The van der Waals surface area contributed by atoms with Crippen molar-refractivity contribution in [1.82, 2.24) is 9.62 Å². The van der Waals surface area contributed by atoms with Gasteiger partial charge in [-0.2, -0.15) is 4.31 Å². The smallest absolute Gasteiger partial charge is 0.243 e. The molecule has 26 heavy (non-hydrogen) atoms. The number of nitrogens with zero attached hydrogens (tertiary/aromatic N) is 1. The number of anilines is 1. The standard InChI is InChI=1S/C19H25N3O3S/c1-14(23)21-18-7-8-19(17-6-4-3-5-16(17)18)26(24,25)22-11-9-15(10-12-22)13-20-2/h3-8,15,20H,9-13H2,1-2H3,(H,21,23). The number of nitrogens with one attached hydrogen (secondary N) is 2. The first kappa shape index (κ1) is 18.8. The number of piperidine rings is 1. The summed E-state index contributed by atoms with van der Waals surface area (Å²) in [5, 5.41) is 7.30. The van der Waals surface area contributed by atoms with Crippen molar-refractivity contribution >= 4 is 32.4 Å². The van der Waals surface area contributed by atoms with Gasteiger partial charge in [-0.25, -0.2) is 8.42 Å². The van der Waals surface area contributed by atoms with Crippen LogP contribution in [-0.4, -0.2) is 45.3 Å². The van der Waals surface area contributed by atoms with Crippen molar-refractivity contribution in [2.75, 3.05) is 32.0 Å². The van der Waals surface area contributed by atoms with Crippen LogP contribution < -0.4 is 10.6 Å². The Morgan fingerprint density at radius 1 is 1.12 bits per heavy atom. The lowest BCUT2D eigenvalue weighted by Crippen LogP contribution is -2.40. The quantitative estimate of drug-likeness (QED) is 0.841. The second-order valence-electron chi connectivity index (χ2n) is 6.74. The number of amides is 1. The van der Waals surface area contributed by atoms with E-state index in [1.807, 2.05) is 25.2 Å². The zero-order valence-electron chi connectivity index (χ0n) is 15.2. The van der Waals surface area contributed by atoms with Crippen LogP contribution in [0.3, 0.4) is 0 Å². The third kappa shape index (κ3) is 3.75. The molecule has 2 aromatic rings. The zero-order valence-corrected chi connectivity index (χ0v) is 16.0. The summed E-state index contributed by atoms with van der Waals surface area (Å²) in [5.41, 5.74) is 0.625. The zero-order chi connectivity index (χ0) is 18.7. The van der Waals surface area contributed by atoms with Crippen LogP contribution in [-0.2, 0) is 14.8 Å². The Bertz CT molecular complexity index is 903. The minimum Gasteiger partial charge on any atom is -0.326 e. The Hall–Kier alpha value is -1.96. The largest absolute Gasteiger partial charge is 0.326 e. The fraction of sp³-hybridized carbons (Fsp3) is 0.421. The van der Waals surface area contributed by atoms with Crippen molar-refractivity contribution in [1.29, 1.82) is 0 Å². The van der Waals surface area contributed by atoms with Gasteiger partial charge in [0.25, 0.3) is 0 Å². The molecule has 2 N–H and O–H groups in total. The van der Waals surface area contributed by atoms with Crippen LogP contribution in [0.1, 0.15) is 19.8 Å². The normalized spacial score (nSPS) is 16.7. The summed E-state index contributed by atoms with van der Waals surface area (Å²) in [6.45, 7) is 3.43. The third-order valence-corrected chi connectivity index (χ3v) is 6.84. The molecule has 0 spiro atoms. The lowest BCUT2D eigenvalue weighted by Gasteiger charge is -2.31. The van der Waals surface area contributed by atoms with E-state index in [1.165, 1.54) is 6.92 Å². The number of rotatable bonds is 5. The van der Waals surface area contributed by atoms with Crippen molar-refractivity contribution in [3.63, 3.8) is 0 Å². The Kier molecular flexibility index (Phi) is 5.60. The van der Waals surface area contributed by atoms with E-state index in [0.29, 0.717) is 35.0 Å². The van der Waals surface area contributed by atoms with Crippen LogP contribution in [0.25, 0.3) is 10.8 Å². The van der Waals surface area contributed by atoms with Crippen LogP contribution in [0.4, 0.5) is 5.69 Å². The van der Waals surface area contributed by atoms with Crippen LogP contribution in [0.15, 0.2) is 41.3 Å². The number of carbonyl (C=O) groups is 1. The first-order chi connectivity index (χ1) is 12.4. The first-order valence-corrected chi connectivity index (χ1v) is 10.3. The van der Waals surface area contributed by atoms with Crippen molar-refractivity contribution < 1.29 is 13.2 Å². The molecule has 0 radical (unpaired) electrons. The summed E-state index contributed by atoms with van der Waals surface area (Å²) >= 11 is 0. The number of benzene rings is 2. The first-order valence-electron chi connectivity index (χ1n) is 8.87. The van der Waals surface area contributed by atoms with E-state index >= 15 is 0 Å². The van der Waals surface area contributed by atoms with Gasteiger partial charge in [-0.1, -0.05) is 24.3 Å². The highest BCUT2D eigenvalue weighted by Gasteiger charge is 2.30. The van der Waals surface area contributed by atoms with Gasteiger partial charge in [0, 0.05) is 36.5 Å². The molecule has 0 aromatic heterocycles. The molecule has 0 aliphatic carbocycles. The molecule has 6 nitrogen and oxygen atoms in total. The van der Waals surface area contributed by atoms with Gasteiger partial charge in [-0.15, -0.1) is 0 Å². The van der Waals surface area contributed by atoms with Gasteiger partial charge in [-0.05, 0) is 44.5 Å². The molecule has 2 aromatic carbocycles. The van der Waals surface area contributed by atoms with E-state index < -0.39 is 10.0 Å². The summed E-state index contributed by atoms with van der Waals surface area (Å²) in [4.78, 5) is 11.7.